The van der Waals surface area contributed by atoms with Gasteiger partial charge in [0.2, 0.25) is 0 Å². The number of aromatic nitrogens is 1. The van der Waals surface area contributed by atoms with Crippen LogP contribution in [0.4, 0.5) is 5.69 Å². The third-order valence-corrected chi connectivity index (χ3v) is 3.82. The largest absolute Gasteiger partial charge is 0.467 e. The maximum Gasteiger partial charge on any atom is 0.123 e. The molecule has 0 aromatic carbocycles. The summed E-state index contributed by atoms with van der Waals surface area (Å²) in [6, 6.07) is 8.77. The van der Waals surface area contributed by atoms with E-state index in [9.17, 15) is 0 Å². The van der Waals surface area contributed by atoms with Crippen LogP contribution in [-0.2, 0) is 6.54 Å². The molecule has 1 saturated carbocycles. The Labute approximate surface area is 119 Å². The molecule has 0 saturated heterocycles. The van der Waals surface area contributed by atoms with Gasteiger partial charge in [-0.15, -0.1) is 0 Å². The van der Waals surface area contributed by atoms with Crippen LogP contribution in [0.3, 0.4) is 0 Å². The van der Waals surface area contributed by atoms with Gasteiger partial charge in [-0.25, -0.2) is 0 Å². The number of pyridine rings is 1. The van der Waals surface area contributed by atoms with Crippen molar-refractivity contribution in [2.75, 3.05) is 4.90 Å². The van der Waals surface area contributed by atoms with Gasteiger partial charge in [0.05, 0.1) is 30.4 Å². The van der Waals surface area contributed by atoms with Crippen LogP contribution in [0.5, 0.6) is 0 Å². The summed E-state index contributed by atoms with van der Waals surface area (Å²) in [5.41, 5.74) is 8.12. The monoisotopic (exact) mass is 271 g/mol. The molecule has 1 aliphatic carbocycles. The van der Waals surface area contributed by atoms with Gasteiger partial charge in [-0.3, -0.25) is 4.98 Å². The Bertz CT molecular complexity index is 531. The number of rotatable bonds is 6. The van der Waals surface area contributed by atoms with Crippen molar-refractivity contribution in [3.63, 3.8) is 0 Å². The quantitative estimate of drug-likeness (QED) is 0.876. The molecule has 0 bridgehead atoms. The van der Waals surface area contributed by atoms with E-state index in [0.717, 1.165) is 30.1 Å². The van der Waals surface area contributed by atoms with E-state index < -0.39 is 0 Å². The van der Waals surface area contributed by atoms with Crippen molar-refractivity contribution < 1.29 is 4.42 Å². The summed E-state index contributed by atoms with van der Waals surface area (Å²) in [6.45, 7) is 2.88. The van der Waals surface area contributed by atoms with Gasteiger partial charge in [0.25, 0.3) is 0 Å². The van der Waals surface area contributed by atoms with E-state index in [0.29, 0.717) is 6.04 Å². The van der Waals surface area contributed by atoms with Crippen molar-refractivity contribution in [3.8, 4) is 0 Å². The highest BCUT2D eigenvalue weighted by atomic mass is 16.3. The normalized spacial score (nSPS) is 16.1. The fourth-order valence-corrected chi connectivity index (χ4v) is 2.38. The summed E-state index contributed by atoms with van der Waals surface area (Å²) in [5.74, 6) is 0.992. The zero-order valence-electron chi connectivity index (χ0n) is 11.8. The topological polar surface area (TPSA) is 55.3 Å². The first-order valence-corrected chi connectivity index (χ1v) is 7.28. The van der Waals surface area contributed by atoms with Crippen molar-refractivity contribution in [1.29, 1.82) is 0 Å². The fourth-order valence-electron chi connectivity index (χ4n) is 2.38. The summed E-state index contributed by atoms with van der Waals surface area (Å²) in [5, 5.41) is 0. The lowest BCUT2D eigenvalue weighted by Gasteiger charge is -2.23. The average Bonchev–Trinajstić information content (AvgIpc) is 3.21. The molecule has 106 valence electrons. The molecular weight excluding hydrogens is 250 g/mol. The highest BCUT2D eigenvalue weighted by Crippen LogP contribution is 2.33. The molecule has 1 atom stereocenters. The first kappa shape index (κ1) is 13.2. The van der Waals surface area contributed by atoms with Crippen molar-refractivity contribution in [3.05, 3.63) is 48.2 Å². The van der Waals surface area contributed by atoms with Gasteiger partial charge >= 0.3 is 0 Å². The van der Waals surface area contributed by atoms with Gasteiger partial charge < -0.3 is 15.1 Å². The minimum absolute atomic E-state index is 0.0310. The van der Waals surface area contributed by atoms with E-state index in [1.54, 1.807) is 6.26 Å². The highest BCUT2D eigenvalue weighted by molar-refractivity contribution is 5.47. The third kappa shape index (κ3) is 2.85. The Morgan fingerprint density at radius 2 is 2.25 bits per heavy atom. The van der Waals surface area contributed by atoms with Crippen molar-refractivity contribution in [2.45, 2.75) is 44.8 Å². The number of nitrogens with zero attached hydrogens (tertiary/aromatic N) is 2. The molecule has 2 heterocycles. The van der Waals surface area contributed by atoms with Crippen molar-refractivity contribution in [2.24, 2.45) is 5.73 Å². The Balaban J connectivity index is 1.77. The van der Waals surface area contributed by atoms with E-state index in [1.807, 2.05) is 24.4 Å². The van der Waals surface area contributed by atoms with Gasteiger partial charge in [0.1, 0.15) is 5.76 Å². The molecule has 20 heavy (non-hydrogen) atoms. The molecule has 0 radical (unpaired) electrons. The van der Waals surface area contributed by atoms with Crippen molar-refractivity contribution in [1.82, 2.24) is 4.98 Å². The van der Waals surface area contributed by atoms with Crippen LogP contribution in [0.2, 0.25) is 0 Å². The first-order valence-electron chi connectivity index (χ1n) is 7.28. The van der Waals surface area contributed by atoms with Gasteiger partial charge in [-0.05, 0) is 43.5 Å². The minimum atomic E-state index is 0.0310. The fraction of sp³-hybridized carbons (Fsp3) is 0.438. The van der Waals surface area contributed by atoms with Gasteiger partial charge in [-0.1, -0.05) is 6.92 Å². The summed E-state index contributed by atoms with van der Waals surface area (Å²) >= 11 is 0. The Kier molecular flexibility index (Phi) is 3.74. The van der Waals surface area contributed by atoms with Crippen LogP contribution in [0.15, 0.2) is 41.1 Å². The minimum Gasteiger partial charge on any atom is -0.467 e. The summed E-state index contributed by atoms with van der Waals surface area (Å²) in [4.78, 5) is 6.88. The van der Waals surface area contributed by atoms with E-state index in [1.165, 1.54) is 12.8 Å². The first-order chi connectivity index (χ1) is 9.78. The Morgan fingerprint density at radius 1 is 1.40 bits per heavy atom. The van der Waals surface area contributed by atoms with Crippen LogP contribution in [0.25, 0.3) is 0 Å². The lowest BCUT2D eigenvalue weighted by Crippen LogP contribution is -2.25. The molecule has 4 nitrogen and oxygen atoms in total. The molecule has 0 aliphatic heterocycles. The van der Waals surface area contributed by atoms with E-state index in [-0.39, 0.29) is 6.04 Å². The van der Waals surface area contributed by atoms with Crippen LogP contribution >= 0.6 is 0 Å². The van der Waals surface area contributed by atoms with Crippen LogP contribution < -0.4 is 10.6 Å². The maximum atomic E-state index is 6.01. The van der Waals surface area contributed by atoms with E-state index in [2.05, 4.69) is 22.9 Å². The SMILES string of the molecule is CC[C@@H](N)c1ccc(N(Cc2ccco2)C2CC2)cn1. The predicted octanol–water partition coefficient (Wildman–Crippen LogP) is 3.25. The summed E-state index contributed by atoms with van der Waals surface area (Å²) in [7, 11) is 0. The number of anilines is 1. The standard InChI is InChI=1S/C16H21N3O/c1-2-15(17)16-8-7-13(10-18-16)19(12-5-6-12)11-14-4-3-9-20-14/h3-4,7-10,12,15H,2,5-6,11,17H2,1H3/t15-/m1/s1. The van der Waals surface area contributed by atoms with Crippen LogP contribution in [0, 0.1) is 0 Å². The number of hydrogen-bond acceptors (Lipinski definition) is 4. The van der Waals surface area contributed by atoms with E-state index in [4.69, 9.17) is 10.2 Å². The molecular formula is C16H21N3O. The molecule has 1 fully saturated rings. The number of hydrogen-bond donors (Lipinski definition) is 1. The third-order valence-electron chi connectivity index (χ3n) is 3.82. The molecule has 3 rings (SSSR count). The highest BCUT2D eigenvalue weighted by Gasteiger charge is 2.30. The molecule has 2 N–H and O–H groups in total. The second-order valence-electron chi connectivity index (χ2n) is 5.39. The maximum absolute atomic E-state index is 6.01. The van der Waals surface area contributed by atoms with Crippen LogP contribution in [-0.4, -0.2) is 11.0 Å². The molecule has 0 unspecified atom stereocenters. The number of furan rings is 1. The predicted molar refractivity (Wildman–Crippen MR) is 79.4 cm³/mol. The van der Waals surface area contributed by atoms with Gasteiger partial charge in [0, 0.05) is 12.1 Å². The second kappa shape index (κ2) is 5.67. The molecule has 2 aromatic heterocycles. The molecule has 2 aromatic rings. The number of nitrogens with two attached hydrogens (primary N) is 1. The lowest BCUT2D eigenvalue weighted by molar-refractivity contribution is 0.501. The van der Waals surface area contributed by atoms with Gasteiger partial charge in [0.15, 0.2) is 0 Å². The average molecular weight is 271 g/mol. The van der Waals surface area contributed by atoms with E-state index >= 15 is 0 Å². The second-order valence-corrected chi connectivity index (χ2v) is 5.39. The molecule has 1 aliphatic rings. The Hall–Kier alpha value is -1.81. The Morgan fingerprint density at radius 3 is 2.80 bits per heavy atom. The smallest absolute Gasteiger partial charge is 0.123 e. The lowest BCUT2D eigenvalue weighted by atomic mass is 10.1. The summed E-state index contributed by atoms with van der Waals surface area (Å²) < 4.78 is 5.46. The molecule has 4 heteroatoms. The molecule has 0 amide bonds. The van der Waals surface area contributed by atoms with Crippen LogP contribution in [0.1, 0.15) is 43.7 Å². The molecule has 0 spiro atoms. The summed E-state index contributed by atoms with van der Waals surface area (Å²) in [6.07, 6.45) is 7.06. The zero-order valence-corrected chi connectivity index (χ0v) is 11.8. The van der Waals surface area contributed by atoms with Gasteiger partial charge in [-0.2, -0.15) is 0 Å². The zero-order chi connectivity index (χ0) is 13.9. The van der Waals surface area contributed by atoms with Crippen molar-refractivity contribution >= 4 is 5.69 Å².